The number of amides is 2. The second-order valence-electron chi connectivity index (χ2n) is 7.42. The second-order valence-corrected chi connectivity index (χ2v) is 7.42. The van der Waals surface area contributed by atoms with Gasteiger partial charge in [-0.05, 0) is 31.7 Å². The van der Waals surface area contributed by atoms with Gasteiger partial charge in [0.15, 0.2) is 0 Å². The Morgan fingerprint density at radius 1 is 1.00 bits per heavy atom. The zero-order valence-corrected chi connectivity index (χ0v) is 14.9. The third-order valence-corrected chi connectivity index (χ3v) is 5.83. The van der Waals surface area contributed by atoms with Crippen LogP contribution in [0.15, 0.2) is 24.3 Å². The van der Waals surface area contributed by atoms with Crippen LogP contribution in [-0.2, 0) is 20.9 Å². The van der Waals surface area contributed by atoms with Gasteiger partial charge in [0.2, 0.25) is 5.91 Å². The molecule has 1 aliphatic carbocycles. The lowest BCUT2D eigenvalue weighted by Gasteiger charge is -2.41. The summed E-state index contributed by atoms with van der Waals surface area (Å²) >= 11 is 0. The van der Waals surface area contributed by atoms with Crippen LogP contribution in [0.1, 0.15) is 44.1 Å². The van der Waals surface area contributed by atoms with Crippen LogP contribution in [0.4, 0.5) is 10.5 Å². The van der Waals surface area contributed by atoms with E-state index in [0.717, 1.165) is 24.1 Å². The maximum absolute atomic E-state index is 12.7. The van der Waals surface area contributed by atoms with Crippen molar-refractivity contribution in [3.8, 4) is 0 Å². The third-order valence-electron chi connectivity index (χ3n) is 5.83. The molecule has 6 heteroatoms. The fraction of sp³-hybridized carbons (Fsp3) is 0.550. The molecule has 3 aliphatic rings. The van der Waals surface area contributed by atoms with Crippen molar-refractivity contribution < 1.29 is 19.1 Å². The van der Waals surface area contributed by atoms with Crippen molar-refractivity contribution in [1.82, 2.24) is 4.90 Å². The Morgan fingerprint density at radius 3 is 2.42 bits per heavy atom. The summed E-state index contributed by atoms with van der Waals surface area (Å²) in [5, 5.41) is 0. The van der Waals surface area contributed by atoms with Gasteiger partial charge in [-0.1, -0.05) is 18.2 Å². The molecule has 138 valence electrons. The van der Waals surface area contributed by atoms with Crippen LogP contribution in [0.5, 0.6) is 0 Å². The Bertz CT molecular complexity index is 714. The lowest BCUT2D eigenvalue weighted by atomic mass is 9.87. The van der Waals surface area contributed by atoms with Crippen molar-refractivity contribution in [2.75, 3.05) is 18.0 Å². The van der Waals surface area contributed by atoms with Gasteiger partial charge >= 0.3 is 6.09 Å². The first-order valence-corrected chi connectivity index (χ1v) is 9.48. The second kappa shape index (κ2) is 7.09. The molecule has 1 saturated heterocycles. The molecule has 0 N–H and O–H groups in total. The number of ketones is 1. The first-order valence-electron chi connectivity index (χ1n) is 9.48. The number of benzene rings is 1. The molecule has 26 heavy (non-hydrogen) atoms. The zero-order chi connectivity index (χ0) is 18.1. The van der Waals surface area contributed by atoms with Crippen LogP contribution in [0.25, 0.3) is 0 Å². The number of Topliss-reactive ketones (excluding diaryl/α,β-unsaturated/α-hetero) is 1. The van der Waals surface area contributed by atoms with E-state index < -0.39 is 0 Å². The number of ether oxygens (including phenoxy) is 1. The lowest BCUT2D eigenvalue weighted by molar-refractivity contribution is -0.138. The van der Waals surface area contributed by atoms with Gasteiger partial charge in [0.05, 0.1) is 5.69 Å². The highest BCUT2D eigenvalue weighted by atomic mass is 16.6. The number of para-hydroxylation sites is 1. The van der Waals surface area contributed by atoms with Gasteiger partial charge in [0.25, 0.3) is 0 Å². The number of likely N-dealkylation sites (tertiary alicyclic amines) is 1. The fourth-order valence-corrected chi connectivity index (χ4v) is 4.31. The molecular weight excluding hydrogens is 332 g/mol. The maximum atomic E-state index is 12.7. The number of piperidine rings is 1. The molecular formula is C20H24N2O4. The number of carbonyl (C=O) groups is 3. The Labute approximate surface area is 153 Å². The van der Waals surface area contributed by atoms with E-state index in [1.807, 2.05) is 29.2 Å². The average molecular weight is 356 g/mol. The summed E-state index contributed by atoms with van der Waals surface area (Å²) in [6.45, 7) is 1.63. The molecule has 2 amide bonds. The normalized spacial score (nSPS) is 22.2. The minimum Gasteiger partial charge on any atom is -0.444 e. The largest absolute Gasteiger partial charge is 0.444 e. The van der Waals surface area contributed by atoms with Crippen LogP contribution in [0.3, 0.4) is 0 Å². The summed E-state index contributed by atoms with van der Waals surface area (Å²) in [6.07, 6.45) is 3.64. The molecule has 0 atom stereocenters. The van der Waals surface area contributed by atoms with Crippen molar-refractivity contribution in [2.45, 2.75) is 51.2 Å². The summed E-state index contributed by atoms with van der Waals surface area (Å²) in [6, 6.07) is 7.89. The molecule has 4 rings (SSSR count). The smallest absolute Gasteiger partial charge is 0.414 e. The van der Waals surface area contributed by atoms with E-state index in [1.165, 1.54) is 0 Å². The number of fused-ring (bicyclic) bond motifs is 1. The number of hydrogen-bond acceptors (Lipinski definition) is 4. The Morgan fingerprint density at radius 2 is 1.69 bits per heavy atom. The minimum absolute atomic E-state index is 0.00933. The van der Waals surface area contributed by atoms with Gasteiger partial charge in [-0.25, -0.2) is 4.79 Å². The van der Waals surface area contributed by atoms with E-state index in [4.69, 9.17) is 4.74 Å². The molecule has 0 radical (unpaired) electrons. The summed E-state index contributed by atoms with van der Waals surface area (Å²) in [5.74, 6) is 0.442. The molecule has 6 nitrogen and oxygen atoms in total. The summed E-state index contributed by atoms with van der Waals surface area (Å²) in [4.78, 5) is 40.1. The fourth-order valence-electron chi connectivity index (χ4n) is 4.31. The topological polar surface area (TPSA) is 66.9 Å². The number of carbonyl (C=O) groups excluding carboxylic acids is 3. The predicted molar refractivity (Wildman–Crippen MR) is 95.7 cm³/mol. The van der Waals surface area contributed by atoms with Gasteiger partial charge in [-0.3, -0.25) is 14.5 Å². The number of rotatable bonds is 2. The highest BCUT2D eigenvalue weighted by Gasteiger charge is 2.36. The van der Waals surface area contributed by atoms with Crippen molar-refractivity contribution in [2.24, 2.45) is 5.92 Å². The van der Waals surface area contributed by atoms with E-state index in [0.29, 0.717) is 45.4 Å². The van der Waals surface area contributed by atoms with Gasteiger partial charge in [-0.2, -0.15) is 0 Å². The predicted octanol–water partition coefficient (Wildman–Crippen LogP) is 2.89. The first kappa shape index (κ1) is 17.1. The van der Waals surface area contributed by atoms with Gasteiger partial charge in [0.1, 0.15) is 12.4 Å². The van der Waals surface area contributed by atoms with Gasteiger partial charge in [-0.15, -0.1) is 0 Å². The molecule has 0 bridgehead atoms. The van der Waals surface area contributed by atoms with E-state index in [-0.39, 0.29) is 29.7 Å². The Kier molecular flexibility index (Phi) is 4.66. The van der Waals surface area contributed by atoms with Crippen LogP contribution in [0, 0.1) is 5.92 Å². The summed E-state index contributed by atoms with van der Waals surface area (Å²) in [5.41, 5.74) is 1.96. The molecule has 1 aromatic rings. The number of anilines is 1. The molecule has 2 heterocycles. The molecule has 2 fully saturated rings. The van der Waals surface area contributed by atoms with Crippen molar-refractivity contribution in [3.05, 3.63) is 29.8 Å². The molecule has 0 spiro atoms. The van der Waals surface area contributed by atoms with E-state index in [1.54, 1.807) is 4.90 Å². The summed E-state index contributed by atoms with van der Waals surface area (Å²) in [7, 11) is 0. The molecule has 0 aromatic heterocycles. The molecule has 1 saturated carbocycles. The first-order chi connectivity index (χ1) is 12.6. The zero-order valence-electron chi connectivity index (χ0n) is 14.9. The molecule has 2 aliphatic heterocycles. The third kappa shape index (κ3) is 3.20. The van der Waals surface area contributed by atoms with Crippen LogP contribution in [0.2, 0.25) is 0 Å². The van der Waals surface area contributed by atoms with Gasteiger partial charge in [0, 0.05) is 43.5 Å². The number of nitrogens with zero attached hydrogens (tertiary/aromatic N) is 2. The maximum Gasteiger partial charge on any atom is 0.414 e. The quantitative estimate of drug-likeness (QED) is 0.817. The highest BCUT2D eigenvalue weighted by Crippen LogP contribution is 2.32. The summed E-state index contributed by atoms with van der Waals surface area (Å²) < 4.78 is 5.32. The Balaban J connectivity index is 1.40. The van der Waals surface area contributed by atoms with Crippen molar-refractivity contribution in [3.63, 3.8) is 0 Å². The van der Waals surface area contributed by atoms with Crippen LogP contribution >= 0.6 is 0 Å². The van der Waals surface area contributed by atoms with E-state index in [9.17, 15) is 14.4 Å². The average Bonchev–Trinajstić information content (AvgIpc) is 2.68. The van der Waals surface area contributed by atoms with Crippen molar-refractivity contribution in [1.29, 1.82) is 0 Å². The number of cyclic esters (lactones) is 1. The highest BCUT2D eigenvalue weighted by molar-refractivity contribution is 5.91. The lowest BCUT2D eigenvalue weighted by Crippen LogP contribution is -2.51. The SMILES string of the molecule is O=C1CCC(C(=O)N2CCC(N3C(=O)OCc4ccccc43)CC2)CC1. The molecule has 0 unspecified atom stereocenters. The standard InChI is InChI=1S/C20H24N2O4/c23-17-7-5-14(6-8-17)19(24)21-11-9-16(10-12-21)22-18-4-2-1-3-15(18)13-26-20(22)25/h1-4,14,16H,5-13H2. The minimum atomic E-state index is -0.292. The monoisotopic (exact) mass is 356 g/mol. The molecule has 1 aromatic carbocycles. The van der Waals surface area contributed by atoms with Crippen molar-refractivity contribution >= 4 is 23.5 Å². The Hall–Kier alpha value is -2.37. The van der Waals surface area contributed by atoms with Crippen LogP contribution in [-0.4, -0.2) is 41.8 Å². The number of hydrogen-bond donors (Lipinski definition) is 0. The van der Waals surface area contributed by atoms with Gasteiger partial charge < -0.3 is 9.64 Å². The van der Waals surface area contributed by atoms with E-state index in [2.05, 4.69) is 0 Å². The van der Waals surface area contributed by atoms with Crippen LogP contribution < -0.4 is 4.90 Å². The van der Waals surface area contributed by atoms with E-state index >= 15 is 0 Å².